The van der Waals surface area contributed by atoms with E-state index >= 15 is 0 Å². The fraction of sp³-hybridized carbons (Fsp3) is 0.500. The normalized spacial score (nSPS) is 21.5. The molecule has 1 aromatic carbocycles. The highest BCUT2D eigenvalue weighted by molar-refractivity contribution is 9.10. The summed E-state index contributed by atoms with van der Waals surface area (Å²) in [5, 5.41) is 5.94. The Morgan fingerprint density at radius 1 is 1.60 bits per heavy atom. The SMILES string of the molecule is CNC(=O)C1CNCCN1C(C)c1ccc(F)c(Br)c1. The molecule has 1 amide bonds. The molecule has 0 aromatic heterocycles. The van der Waals surface area contributed by atoms with Gasteiger partial charge < -0.3 is 10.6 Å². The van der Waals surface area contributed by atoms with Crippen LogP contribution in [-0.2, 0) is 4.79 Å². The number of piperazine rings is 1. The first-order chi connectivity index (χ1) is 9.54. The first kappa shape index (κ1) is 15.4. The van der Waals surface area contributed by atoms with Crippen molar-refractivity contribution in [1.82, 2.24) is 15.5 Å². The minimum atomic E-state index is -0.274. The van der Waals surface area contributed by atoms with Gasteiger partial charge in [-0.05, 0) is 40.5 Å². The number of rotatable bonds is 3. The number of likely N-dealkylation sites (N-methyl/N-ethyl adjacent to an activating group) is 1. The average Bonchev–Trinajstić information content (AvgIpc) is 2.48. The van der Waals surface area contributed by atoms with Crippen LogP contribution in [0, 0.1) is 5.82 Å². The van der Waals surface area contributed by atoms with Gasteiger partial charge in [0.05, 0.1) is 4.47 Å². The summed E-state index contributed by atoms with van der Waals surface area (Å²) in [7, 11) is 1.65. The van der Waals surface area contributed by atoms with E-state index in [1.165, 1.54) is 6.07 Å². The van der Waals surface area contributed by atoms with Gasteiger partial charge in [0, 0.05) is 32.7 Å². The molecule has 2 N–H and O–H groups in total. The summed E-state index contributed by atoms with van der Waals surface area (Å²) >= 11 is 3.21. The first-order valence-corrected chi connectivity index (χ1v) is 7.47. The van der Waals surface area contributed by atoms with Crippen LogP contribution in [0.4, 0.5) is 4.39 Å². The van der Waals surface area contributed by atoms with E-state index in [0.717, 1.165) is 18.7 Å². The Labute approximate surface area is 126 Å². The molecule has 0 spiro atoms. The van der Waals surface area contributed by atoms with Crippen LogP contribution in [0.5, 0.6) is 0 Å². The maximum Gasteiger partial charge on any atom is 0.238 e. The van der Waals surface area contributed by atoms with E-state index in [4.69, 9.17) is 0 Å². The third-order valence-corrected chi connectivity index (χ3v) is 4.37. The average molecular weight is 344 g/mol. The second kappa shape index (κ2) is 6.65. The van der Waals surface area contributed by atoms with Crippen molar-refractivity contribution < 1.29 is 9.18 Å². The Morgan fingerprint density at radius 2 is 2.35 bits per heavy atom. The molecule has 2 atom stereocenters. The number of carbonyl (C=O) groups excluding carboxylic acids is 1. The van der Waals surface area contributed by atoms with Gasteiger partial charge in [0.1, 0.15) is 11.9 Å². The van der Waals surface area contributed by atoms with E-state index in [9.17, 15) is 9.18 Å². The van der Waals surface area contributed by atoms with Crippen LogP contribution in [0.1, 0.15) is 18.5 Å². The summed E-state index contributed by atoms with van der Waals surface area (Å²) in [4.78, 5) is 14.1. The van der Waals surface area contributed by atoms with E-state index in [1.54, 1.807) is 19.2 Å². The largest absolute Gasteiger partial charge is 0.358 e. The molecule has 2 rings (SSSR count). The number of carbonyl (C=O) groups is 1. The van der Waals surface area contributed by atoms with E-state index in [2.05, 4.69) is 31.5 Å². The maximum absolute atomic E-state index is 13.3. The molecule has 4 nitrogen and oxygen atoms in total. The molecule has 2 unspecified atom stereocenters. The molecule has 1 aliphatic heterocycles. The molecule has 1 aromatic rings. The fourth-order valence-corrected chi connectivity index (χ4v) is 2.95. The van der Waals surface area contributed by atoms with Crippen LogP contribution in [0.2, 0.25) is 0 Å². The van der Waals surface area contributed by atoms with Gasteiger partial charge in [-0.1, -0.05) is 6.07 Å². The van der Waals surface area contributed by atoms with Crippen molar-refractivity contribution in [2.45, 2.75) is 19.0 Å². The molecular formula is C14H19BrFN3O. The highest BCUT2D eigenvalue weighted by Gasteiger charge is 2.31. The van der Waals surface area contributed by atoms with Crippen molar-refractivity contribution in [3.8, 4) is 0 Å². The predicted octanol–water partition coefficient (Wildman–Crippen LogP) is 1.67. The minimum Gasteiger partial charge on any atom is -0.358 e. The quantitative estimate of drug-likeness (QED) is 0.877. The van der Waals surface area contributed by atoms with Crippen LogP contribution >= 0.6 is 15.9 Å². The van der Waals surface area contributed by atoms with Crippen molar-refractivity contribution in [1.29, 1.82) is 0 Å². The van der Waals surface area contributed by atoms with E-state index in [0.29, 0.717) is 11.0 Å². The second-order valence-corrected chi connectivity index (χ2v) is 5.78. The lowest BCUT2D eigenvalue weighted by Crippen LogP contribution is -2.57. The van der Waals surface area contributed by atoms with Crippen molar-refractivity contribution in [3.63, 3.8) is 0 Å². The van der Waals surface area contributed by atoms with Gasteiger partial charge >= 0.3 is 0 Å². The Balaban J connectivity index is 2.22. The molecular weight excluding hydrogens is 325 g/mol. The Bertz CT molecular complexity index is 497. The highest BCUT2D eigenvalue weighted by Crippen LogP contribution is 2.27. The van der Waals surface area contributed by atoms with E-state index in [1.807, 2.05) is 6.92 Å². The number of nitrogens with one attached hydrogen (secondary N) is 2. The number of benzene rings is 1. The zero-order valence-electron chi connectivity index (χ0n) is 11.6. The van der Waals surface area contributed by atoms with Gasteiger partial charge in [-0.25, -0.2) is 4.39 Å². The molecule has 1 fully saturated rings. The predicted molar refractivity (Wildman–Crippen MR) is 79.9 cm³/mol. The summed E-state index contributed by atoms with van der Waals surface area (Å²) < 4.78 is 13.8. The smallest absolute Gasteiger partial charge is 0.238 e. The Morgan fingerprint density at radius 3 is 3.00 bits per heavy atom. The third-order valence-electron chi connectivity index (χ3n) is 3.76. The van der Waals surface area contributed by atoms with Crippen LogP contribution < -0.4 is 10.6 Å². The molecule has 1 heterocycles. The minimum absolute atomic E-state index is 0.00484. The molecule has 0 saturated carbocycles. The topological polar surface area (TPSA) is 44.4 Å². The summed E-state index contributed by atoms with van der Waals surface area (Å²) in [5.74, 6) is -0.269. The van der Waals surface area contributed by atoms with E-state index < -0.39 is 0 Å². The highest BCUT2D eigenvalue weighted by atomic mass is 79.9. The monoisotopic (exact) mass is 343 g/mol. The fourth-order valence-electron chi connectivity index (χ4n) is 2.56. The van der Waals surface area contributed by atoms with Gasteiger partial charge in [0.25, 0.3) is 0 Å². The molecule has 1 saturated heterocycles. The standard InChI is InChI=1S/C14H19BrFN3O/c1-9(10-3-4-12(16)11(15)7-10)19-6-5-18-8-13(19)14(20)17-2/h3-4,7,9,13,18H,5-6,8H2,1-2H3,(H,17,20). The van der Waals surface area contributed by atoms with Crippen molar-refractivity contribution in [2.75, 3.05) is 26.7 Å². The zero-order valence-corrected chi connectivity index (χ0v) is 13.2. The van der Waals surface area contributed by atoms with E-state index in [-0.39, 0.29) is 23.8 Å². The summed E-state index contributed by atoms with van der Waals surface area (Å²) in [6.45, 7) is 4.31. The molecule has 1 aliphatic rings. The summed E-state index contributed by atoms with van der Waals surface area (Å²) in [6.07, 6.45) is 0. The molecule has 6 heteroatoms. The Kier molecular flexibility index (Phi) is 5.12. The number of nitrogens with zero attached hydrogens (tertiary/aromatic N) is 1. The van der Waals surface area contributed by atoms with Crippen molar-refractivity contribution in [2.24, 2.45) is 0 Å². The van der Waals surface area contributed by atoms with Gasteiger partial charge in [0.2, 0.25) is 5.91 Å². The van der Waals surface area contributed by atoms with Gasteiger partial charge in [0.15, 0.2) is 0 Å². The summed E-state index contributed by atoms with van der Waals surface area (Å²) in [5.41, 5.74) is 0.995. The number of halogens is 2. The third kappa shape index (κ3) is 3.19. The summed E-state index contributed by atoms with van der Waals surface area (Å²) in [6, 6.07) is 4.85. The van der Waals surface area contributed by atoms with Crippen LogP contribution in [0.25, 0.3) is 0 Å². The molecule has 0 radical (unpaired) electrons. The number of amides is 1. The van der Waals surface area contributed by atoms with Gasteiger partial charge in [-0.15, -0.1) is 0 Å². The maximum atomic E-state index is 13.3. The molecule has 0 aliphatic carbocycles. The molecule has 0 bridgehead atoms. The van der Waals surface area contributed by atoms with Gasteiger partial charge in [-0.2, -0.15) is 0 Å². The van der Waals surface area contributed by atoms with Gasteiger partial charge in [-0.3, -0.25) is 9.69 Å². The van der Waals surface area contributed by atoms with Crippen molar-refractivity contribution >= 4 is 21.8 Å². The van der Waals surface area contributed by atoms with Crippen LogP contribution in [0.15, 0.2) is 22.7 Å². The molecule has 110 valence electrons. The second-order valence-electron chi connectivity index (χ2n) is 4.92. The Hall–Kier alpha value is -0.980. The van der Waals surface area contributed by atoms with Crippen LogP contribution in [0.3, 0.4) is 0 Å². The lowest BCUT2D eigenvalue weighted by molar-refractivity contribution is -0.127. The lowest BCUT2D eigenvalue weighted by Gasteiger charge is -2.39. The van der Waals surface area contributed by atoms with Crippen molar-refractivity contribution in [3.05, 3.63) is 34.1 Å². The molecule has 20 heavy (non-hydrogen) atoms. The first-order valence-electron chi connectivity index (χ1n) is 6.67. The number of hydrogen-bond acceptors (Lipinski definition) is 3. The zero-order chi connectivity index (χ0) is 14.7. The number of hydrogen-bond donors (Lipinski definition) is 2. The lowest BCUT2D eigenvalue weighted by atomic mass is 10.0. The van der Waals surface area contributed by atoms with Crippen LogP contribution in [-0.4, -0.2) is 43.5 Å².